The first-order valence-corrected chi connectivity index (χ1v) is 9.28. The monoisotopic (exact) mass is 407 g/mol. The van der Waals surface area contributed by atoms with E-state index >= 15 is 0 Å². The lowest BCUT2D eigenvalue weighted by atomic mass is 10.1. The molecule has 1 amide bonds. The largest absolute Gasteiger partial charge is 0.417 e. The van der Waals surface area contributed by atoms with Crippen molar-refractivity contribution in [3.8, 4) is 0 Å². The van der Waals surface area contributed by atoms with E-state index in [1.54, 1.807) is 6.92 Å². The van der Waals surface area contributed by atoms with Crippen LogP contribution in [0.3, 0.4) is 0 Å². The summed E-state index contributed by atoms with van der Waals surface area (Å²) in [5.41, 5.74) is -1.21. The summed E-state index contributed by atoms with van der Waals surface area (Å²) in [5, 5.41) is 9.36. The quantitative estimate of drug-likeness (QED) is 0.724. The molecule has 1 heterocycles. The zero-order valence-electron chi connectivity index (χ0n) is 14.5. The van der Waals surface area contributed by atoms with Crippen molar-refractivity contribution in [2.45, 2.75) is 39.3 Å². The second-order valence-corrected chi connectivity index (χ2v) is 7.22. The number of aromatic nitrogens is 2. The molecule has 1 N–H and O–H groups in total. The molecule has 0 saturated carbocycles. The van der Waals surface area contributed by atoms with Crippen LogP contribution in [0.1, 0.15) is 32.1 Å². The fraction of sp³-hybridized carbons (Fsp3) is 0.438. The van der Waals surface area contributed by atoms with Gasteiger partial charge in [0.1, 0.15) is 5.83 Å². The number of nitrogens with one attached hydrogen (secondary N) is 1. The zero-order chi connectivity index (χ0) is 20.2. The van der Waals surface area contributed by atoms with Gasteiger partial charge in [0.15, 0.2) is 0 Å². The molecule has 0 fully saturated rings. The smallest absolute Gasteiger partial charge is 0.408 e. The predicted molar refractivity (Wildman–Crippen MR) is 90.6 cm³/mol. The van der Waals surface area contributed by atoms with E-state index in [0.29, 0.717) is 12.5 Å². The molecule has 1 aromatic rings. The van der Waals surface area contributed by atoms with Crippen molar-refractivity contribution in [1.82, 2.24) is 10.2 Å². The summed E-state index contributed by atoms with van der Waals surface area (Å²) >= 11 is 0. The molecule has 0 radical (unpaired) electrons. The minimum atomic E-state index is -4.87. The average Bonchev–Trinajstić information content (AvgIpc) is 2.85. The molecule has 1 aromatic heterocycles. The van der Waals surface area contributed by atoms with Gasteiger partial charge in [-0.1, -0.05) is 23.7 Å². The number of hydrogen-bond acceptors (Lipinski definition) is 5. The van der Waals surface area contributed by atoms with Gasteiger partial charge < -0.3 is 4.42 Å². The third kappa shape index (κ3) is 5.59. The van der Waals surface area contributed by atoms with Gasteiger partial charge in [-0.15, -0.1) is 5.10 Å². The van der Waals surface area contributed by atoms with Crippen molar-refractivity contribution in [2.75, 3.05) is 11.1 Å². The van der Waals surface area contributed by atoms with E-state index < -0.39 is 45.6 Å². The SMILES string of the molecule is CCC[S@@](=O)C1=C(F)CC(CC(=O)Nc2nnc(C)o2)=CC=C1C(F)(F)F. The molecule has 0 saturated heterocycles. The number of nitrogens with zero attached hydrogens (tertiary/aromatic N) is 2. The van der Waals surface area contributed by atoms with E-state index in [-0.39, 0.29) is 29.7 Å². The Hall–Kier alpha value is -2.30. The normalized spacial score (nSPS) is 16.5. The van der Waals surface area contributed by atoms with Gasteiger partial charge in [0.05, 0.1) is 21.3 Å². The number of rotatable bonds is 6. The lowest BCUT2D eigenvalue weighted by molar-refractivity contribution is -0.115. The number of allylic oxidation sites excluding steroid dienone is 4. The van der Waals surface area contributed by atoms with E-state index in [9.17, 15) is 26.6 Å². The van der Waals surface area contributed by atoms with E-state index in [1.165, 1.54) is 6.92 Å². The van der Waals surface area contributed by atoms with Crippen molar-refractivity contribution >= 4 is 22.7 Å². The minimum Gasteiger partial charge on any atom is -0.408 e. The van der Waals surface area contributed by atoms with Crippen LogP contribution < -0.4 is 5.32 Å². The zero-order valence-corrected chi connectivity index (χ0v) is 15.3. The summed E-state index contributed by atoms with van der Waals surface area (Å²) in [5.74, 6) is -1.69. The lowest BCUT2D eigenvalue weighted by Crippen LogP contribution is -2.18. The van der Waals surface area contributed by atoms with Gasteiger partial charge in [-0.25, -0.2) is 4.39 Å². The Morgan fingerprint density at radius 3 is 2.59 bits per heavy atom. The number of carbonyl (C=O) groups is 1. The van der Waals surface area contributed by atoms with Gasteiger partial charge in [0.25, 0.3) is 0 Å². The number of amides is 1. The fourth-order valence-corrected chi connectivity index (χ4v) is 3.68. The maximum absolute atomic E-state index is 14.5. The third-order valence-electron chi connectivity index (χ3n) is 3.44. The number of aryl methyl sites for hydroxylation is 1. The molecule has 148 valence electrons. The maximum Gasteiger partial charge on any atom is 0.417 e. The van der Waals surface area contributed by atoms with E-state index in [2.05, 4.69) is 15.5 Å². The molecule has 1 aliphatic carbocycles. The second-order valence-electron chi connectivity index (χ2n) is 5.71. The molecule has 0 aliphatic heterocycles. The summed E-state index contributed by atoms with van der Waals surface area (Å²) in [4.78, 5) is 11.1. The van der Waals surface area contributed by atoms with Crippen molar-refractivity contribution in [3.63, 3.8) is 0 Å². The summed E-state index contributed by atoms with van der Waals surface area (Å²) in [7, 11) is -2.13. The van der Waals surface area contributed by atoms with Gasteiger partial charge in [0.2, 0.25) is 11.8 Å². The molecule has 0 unspecified atom stereocenters. The minimum absolute atomic E-state index is 0.0893. The molecule has 6 nitrogen and oxygen atoms in total. The Kier molecular flexibility index (Phi) is 6.68. The van der Waals surface area contributed by atoms with Gasteiger partial charge in [0, 0.05) is 25.5 Å². The van der Waals surface area contributed by atoms with Crippen molar-refractivity contribution in [2.24, 2.45) is 0 Å². The van der Waals surface area contributed by atoms with Gasteiger partial charge >= 0.3 is 12.2 Å². The van der Waals surface area contributed by atoms with Crippen LogP contribution in [0.2, 0.25) is 0 Å². The Morgan fingerprint density at radius 2 is 2.04 bits per heavy atom. The molecular formula is C16H17F4N3O3S. The van der Waals surface area contributed by atoms with Crippen LogP contribution in [-0.4, -0.2) is 32.2 Å². The highest BCUT2D eigenvalue weighted by Gasteiger charge is 2.40. The summed E-state index contributed by atoms with van der Waals surface area (Å²) in [6.45, 7) is 3.15. The molecule has 2 rings (SSSR count). The van der Waals surface area contributed by atoms with Crippen molar-refractivity contribution in [3.05, 3.63) is 39.9 Å². The molecule has 1 atom stereocenters. The number of alkyl halides is 3. The van der Waals surface area contributed by atoms with Gasteiger partial charge in [-0.2, -0.15) is 13.2 Å². The standard InChI is InChI=1S/C16H17F4N3O3S/c1-3-6-27(25)14-11(16(18,19)20)5-4-10(7-12(14)17)8-13(24)21-15-23-22-9(2)26-15/h4-5H,3,6-8H2,1-2H3,(H,21,23,24)/t27-/m1/s1. The Bertz CT molecular complexity index is 840. The van der Waals surface area contributed by atoms with Crippen LogP contribution in [0.15, 0.2) is 38.4 Å². The maximum atomic E-state index is 14.5. The van der Waals surface area contributed by atoms with E-state index in [1.807, 2.05) is 0 Å². The van der Waals surface area contributed by atoms with Crippen LogP contribution in [0, 0.1) is 6.92 Å². The highest BCUT2D eigenvalue weighted by atomic mass is 32.2. The summed E-state index contributed by atoms with van der Waals surface area (Å²) in [6.07, 6.45) is -3.78. The van der Waals surface area contributed by atoms with Crippen LogP contribution in [0.25, 0.3) is 0 Å². The van der Waals surface area contributed by atoms with Gasteiger partial charge in [-0.3, -0.25) is 14.3 Å². The number of anilines is 1. The third-order valence-corrected chi connectivity index (χ3v) is 5.12. The number of carbonyl (C=O) groups excluding carboxylic acids is 1. The molecule has 1 aliphatic rings. The molecule has 0 aromatic carbocycles. The topological polar surface area (TPSA) is 85.1 Å². The average molecular weight is 407 g/mol. The van der Waals surface area contributed by atoms with Crippen molar-refractivity contribution in [1.29, 1.82) is 0 Å². The first-order valence-electron chi connectivity index (χ1n) is 7.96. The van der Waals surface area contributed by atoms with E-state index in [4.69, 9.17) is 4.42 Å². The number of hydrogen-bond donors (Lipinski definition) is 1. The molecule has 27 heavy (non-hydrogen) atoms. The molecular weight excluding hydrogens is 390 g/mol. The van der Waals surface area contributed by atoms with Gasteiger partial charge in [-0.05, 0) is 12.5 Å². The Morgan fingerprint density at radius 1 is 1.33 bits per heavy atom. The first kappa shape index (κ1) is 21.0. The molecule has 0 spiro atoms. The predicted octanol–water partition coefficient (Wildman–Crippen LogP) is 3.87. The second kappa shape index (κ2) is 8.59. The highest BCUT2D eigenvalue weighted by Crippen LogP contribution is 2.38. The fourth-order valence-electron chi connectivity index (χ4n) is 2.36. The van der Waals surface area contributed by atoms with Crippen LogP contribution in [-0.2, 0) is 15.6 Å². The summed E-state index contributed by atoms with van der Waals surface area (Å²) in [6, 6.07) is -0.168. The summed E-state index contributed by atoms with van der Waals surface area (Å²) < 4.78 is 71.5. The Balaban J connectivity index is 2.25. The van der Waals surface area contributed by atoms with E-state index in [0.717, 1.165) is 6.08 Å². The molecule has 11 heteroatoms. The lowest BCUT2D eigenvalue weighted by Gasteiger charge is -2.14. The van der Waals surface area contributed by atoms with Crippen molar-refractivity contribution < 1.29 is 31.0 Å². The van der Waals surface area contributed by atoms with Crippen LogP contribution >= 0.6 is 0 Å². The highest BCUT2D eigenvalue weighted by molar-refractivity contribution is 7.89. The van der Waals surface area contributed by atoms with Crippen LogP contribution in [0.5, 0.6) is 0 Å². The molecule has 0 bridgehead atoms. The number of halogens is 4. The first-order chi connectivity index (χ1) is 12.6. The Labute approximate surface area is 154 Å². The van der Waals surface area contributed by atoms with Crippen LogP contribution in [0.4, 0.5) is 23.6 Å².